The van der Waals surface area contributed by atoms with E-state index >= 15 is 0 Å². The highest BCUT2D eigenvalue weighted by molar-refractivity contribution is 4.66. The largest absolute Gasteiger partial charge is 0.303 e. The highest BCUT2D eigenvalue weighted by Gasteiger charge is 2.12. The summed E-state index contributed by atoms with van der Waals surface area (Å²) in [6.45, 7) is 13.4. The van der Waals surface area contributed by atoms with Crippen LogP contribution < -0.4 is 0 Å². The molecule has 182 valence electrons. The third-order valence-electron chi connectivity index (χ3n) is 6.97. The van der Waals surface area contributed by atoms with Crippen molar-refractivity contribution in [3.63, 3.8) is 0 Å². The van der Waals surface area contributed by atoms with Crippen LogP contribution in [-0.2, 0) is 0 Å². The van der Waals surface area contributed by atoms with Crippen LogP contribution in [0.5, 0.6) is 0 Å². The summed E-state index contributed by atoms with van der Waals surface area (Å²) >= 11 is 0. The molecule has 0 aliphatic rings. The summed E-state index contributed by atoms with van der Waals surface area (Å²) in [6.07, 6.45) is 30.1. The highest BCUT2D eigenvalue weighted by atomic mass is 15.1. The highest BCUT2D eigenvalue weighted by Crippen LogP contribution is 2.17. The van der Waals surface area contributed by atoms with Gasteiger partial charge in [-0.25, -0.2) is 0 Å². The van der Waals surface area contributed by atoms with E-state index in [1.54, 1.807) is 0 Å². The van der Waals surface area contributed by atoms with Crippen LogP contribution in [0.1, 0.15) is 163 Å². The average Bonchev–Trinajstić information content (AvgIpc) is 2.76. The van der Waals surface area contributed by atoms with Crippen molar-refractivity contribution in [2.24, 2.45) is 5.92 Å². The fourth-order valence-corrected chi connectivity index (χ4v) is 4.69. The Hall–Kier alpha value is -0.0400. The SMILES string of the molecule is CCCCCCCCCCCN(CCCCCCCCCC)CC(CC)CCCC. The number of unbranched alkanes of at least 4 members (excludes halogenated alkanes) is 16. The molecule has 0 heterocycles. The molecule has 30 heavy (non-hydrogen) atoms. The Morgan fingerprint density at radius 3 is 1.17 bits per heavy atom. The van der Waals surface area contributed by atoms with Gasteiger partial charge in [-0.1, -0.05) is 143 Å². The van der Waals surface area contributed by atoms with Crippen LogP contribution >= 0.6 is 0 Å². The molecule has 1 unspecified atom stereocenters. The van der Waals surface area contributed by atoms with Crippen LogP contribution in [0, 0.1) is 5.92 Å². The molecular weight excluding hydrogens is 362 g/mol. The quantitative estimate of drug-likeness (QED) is 0.132. The van der Waals surface area contributed by atoms with E-state index in [-0.39, 0.29) is 0 Å². The van der Waals surface area contributed by atoms with Crippen molar-refractivity contribution in [2.75, 3.05) is 19.6 Å². The van der Waals surface area contributed by atoms with Crippen LogP contribution in [-0.4, -0.2) is 24.5 Å². The number of nitrogens with zero attached hydrogens (tertiary/aromatic N) is 1. The second-order valence-electron chi connectivity index (χ2n) is 10.0. The van der Waals surface area contributed by atoms with Gasteiger partial charge in [0.15, 0.2) is 0 Å². The first kappa shape index (κ1) is 30.0. The Bertz CT molecular complexity index is 301. The molecular formula is C29H61N. The first-order valence-electron chi connectivity index (χ1n) is 14.5. The van der Waals surface area contributed by atoms with Gasteiger partial charge in [0.2, 0.25) is 0 Å². The lowest BCUT2D eigenvalue weighted by atomic mass is 9.98. The van der Waals surface area contributed by atoms with Gasteiger partial charge in [-0.2, -0.15) is 0 Å². The molecule has 0 aliphatic carbocycles. The van der Waals surface area contributed by atoms with Crippen LogP contribution in [0.15, 0.2) is 0 Å². The molecule has 0 rings (SSSR count). The molecule has 0 spiro atoms. The summed E-state index contributed by atoms with van der Waals surface area (Å²) in [6, 6.07) is 0. The maximum Gasteiger partial charge on any atom is 0.000955 e. The molecule has 0 aromatic heterocycles. The van der Waals surface area contributed by atoms with Gasteiger partial charge in [-0.15, -0.1) is 0 Å². The Kier molecular flexibility index (Phi) is 25.2. The molecule has 1 nitrogen and oxygen atoms in total. The lowest BCUT2D eigenvalue weighted by molar-refractivity contribution is 0.210. The lowest BCUT2D eigenvalue weighted by Gasteiger charge is -2.27. The molecule has 0 aromatic carbocycles. The van der Waals surface area contributed by atoms with Gasteiger partial charge >= 0.3 is 0 Å². The minimum absolute atomic E-state index is 0.928. The standard InChI is InChI=1S/C29H61N/c1-5-9-12-14-16-18-20-22-24-27-30(28-29(8-4)25-11-7-3)26-23-21-19-17-15-13-10-6-2/h29H,5-28H2,1-4H3. The predicted octanol–water partition coefficient (Wildman–Crippen LogP) is 10.2. The molecule has 0 saturated carbocycles. The first-order chi connectivity index (χ1) is 14.8. The van der Waals surface area contributed by atoms with Crippen molar-refractivity contribution in [1.29, 1.82) is 0 Å². The maximum absolute atomic E-state index is 2.85. The third-order valence-corrected chi connectivity index (χ3v) is 6.97. The van der Waals surface area contributed by atoms with Crippen molar-refractivity contribution >= 4 is 0 Å². The molecule has 0 saturated heterocycles. The second-order valence-corrected chi connectivity index (χ2v) is 10.0. The van der Waals surface area contributed by atoms with Gasteiger partial charge in [0.25, 0.3) is 0 Å². The molecule has 0 N–H and O–H groups in total. The molecule has 1 heteroatoms. The van der Waals surface area contributed by atoms with E-state index in [0.717, 1.165) is 5.92 Å². The second kappa shape index (κ2) is 25.2. The zero-order chi connectivity index (χ0) is 22.1. The Morgan fingerprint density at radius 1 is 0.433 bits per heavy atom. The topological polar surface area (TPSA) is 3.24 Å². The van der Waals surface area contributed by atoms with E-state index in [2.05, 4.69) is 32.6 Å². The summed E-state index contributed by atoms with van der Waals surface area (Å²) in [7, 11) is 0. The van der Waals surface area contributed by atoms with Crippen molar-refractivity contribution in [1.82, 2.24) is 4.90 Å². The molecule has 0 aromatic rings. The molecule has 1 atom stereocenters. The maximum atomic E-state index is 2.85. The van der Waals surface area contributed by atoms with E-state index in [9.17, 15) is 0 Å². The van der Waals surface area contributed by atoms with E-state index < -0.39 is 0 Å². The van der Waals surface area contributed by atoms with Crippen molar-refractivity contribution in [3.8, 4) is 0 Å². The molecule has 0 bridgehead atoms. The average molecular weight is 424 g/mol. The Balaban J connectivity index is 4.00. The molecule has 0 radical (unpaired) electrons. The van der Waals surface area contributed by atoms with Gasteiger partial charge in [-0.3, -0.25) is 0 Å². The normalized spacial score (nSPS) is 12.7. The first-order valence-corrected chi connectivity index (χ1v) is 14.5. The zero-order valence-corrected chi connectivity index (χ0v) is 22.0. The van der Waals surface area contributed by atoms with Crippen LogP contribution in [0.3, 0.4) is 0 Å². The molecule has 0 fully saturated rings. The van der Waals surface area contributed by atoms with Crippen LogP contribution in [0.2, 0.25) is 0 Å². The van der Waals surface area contributed by atoms with Crippen molar-refractivity contribution in [2.45, 2.75) is 163 Å². The summed E-state index contributed by atoms with van der Waals surface area (Å²) < 4.78 is 0. The summed E-state index contributed by atoms with van der Waals surface area (Å²) in [5.74, 6) is 0.928. The summed E-state index contributed by atoms with van der Waals surface area (Å²) in [4.78, 5) is 2.85. The van der Waals surface area contributed by atoms with E-state index in [0.29, 0.717) is 0 Å². The van der Waals surface area contributed by atoms with E-state index in [1.165, 1.54) is 154 Å². The lowest BCUT2D eigenvalue weighted by Crippen LogP contribution is -2.31. The van der Waals surface area contributed by atoms with Crippen molar-refractivity contribution in [3.05, 3.63) is 0 Å². The fraction of sp³-hybridized carbons (Fsp3) is 1.00. The Morgan fingerprint density at radius 2 is 0.800 bits per heavy atom. The minimum Gasteiger partial charge on any atom is -0.303 e. The zero-order valence-electron chi connectivity index (χ0n) is 22.0. The molecule has 0 aliphatic heterocycles. The van der Waals surface area contributed by atoms with Gasteiger partial charge in [-0.05, 0) is 38.3 Å². The van der Waals surface area contributed by atoms with E-state index in [4.69, 9.17) is 0 Å². The van der Waals surface area contributed by atoms with Crippen LogP contribution in [0.4, 0.5) is 0 Å². The minimum atomic E-state index is 0.928. The predicted molar refractivity (Wildman–Crippen MR) is 140 cm³/mol. The van der Waals surface area contributed by atoms with Crippen molar-refractivity contribution < 1.29 is 0 Å². The fourth-order valence-electron chi connectivity index (χ4n) is 4.69. The summed E-state index contributed by atoms with van der Waals surface area (Å²) in [5.41, 5.74) is 0. The monoisotopic (exact) mass is 423 g/mol. The van der Waals surface area contributed by atoms with Gasteiger partial charge in [0, 0.05) is 6.54 Å². The smallest absolute Gasteiger partial charge is 0.000955 e. The molecule has 0 amide bonds. The van der Waals surface area contributed by atoms with Crippen LogP contribution in [0.25, 0.3) is 0 Å². The van der Waals surface area contributed by atoms with Gasteiger partial charge < -0.3 is 4.90 Å². The number of hydrogen-bond donors (Lipinski definition) is 0. The van der Waals surface area contributed by atoms with Gasteiger partial charge in [0.05, 0.1) is 0 Å². The summed E-state index contributed by atoms with van der Waals surface area (Å²) in [5, 5.41) is 0. The number of rotatable bonds is 25. The van der Waals surface area contributed by atoms with Gasteiger partial charge in [0.1, 0.15) is 0 Å². The Labute approximate surface area is 193 Å². The van der Waals surface area contributed by atoms with E-state index in [1.807, 2.05) is 0 Å². The number of hydrogen-bond acceptors (Lipinski definition) is 1. The third kappa shape index (κ3) is 21.2.